The Morgan fingerprint density at radius 3 is 2.63 bits per heavy atom. The van der Waals surface area contributed by atoms with Crippen molar-refractivity contribution in [3.63, 3.8) is 0 Å². The number of rotatable bonds is 7. The zero-order valence-electron chi connectivity index (χ0n) is 16.1. The van der Waals surface area contributed by atoms with Gasteiger partial charge in [-0.1, -0.05) is 40.9 Å². The number of thiazole rings is 1. The van der Waals surface area contributed by atoms with E-state index in [-0.39, 0.29) is 23.1 Å². The normalized spacial score (nSPS) is 10.5. The highest BCUT2D eigenvalue weighted by molar-refractivity contribution is 7.09. The molecule has 0 aliphatic carbocycles. The summed E-state index contributed by atoms with van der Waals surface area (Å²) in [5, 5.41) is 5.24. The van der Waals surface area contributed by atoms with E-state index in [0.29, 0.717) is 21.3 Å². The van der Waals surface area contributed by atoms with Crippen molar-refractivity contribution in [2.24, 2.45) is 0 Å². The molecule has 7 nitrogen and oxygen atoms in total. The standard InChI is InChI=1S/C20H17Cl2N3O4S/c1-11-3-5-13(6-4-11)28-9-17-24-15(10-30-17)20(27)29-8-16(26)25-19-18(22)12(2)14(21)7-23-19/h3-7,10H,8-9H2,1-2H3,(H,23,25,26). The molecule has 1 aromatic carbocycles. The number of nitrogens with zero attached hydrogens (tertiary/aromatic N) is 2. The minimum absolute atomic E-state index is 0.105. The second-order valence-electron chi connectivity index (χ2n) is 6.25. The van der Waals surface area contributed by atoms with Crippen molar-refractivity contribution in [1.82, 2.24) is 9.97 Å². The Labute approximate surface area is 187 Å². The molecule has 0 aliphatic heterocycles. The molecule has 0 atom stereocenters. The van der Waals surface area contributed by atoms with Crippen molar-refractivity contribution in [3.05, 3.63) is 67.7 Å². The summed E-state index contributed by atoms with van der Waals surface area (Å²) in [6, 6.07) is 7.61. The molecule has 10 heteroatoms. The Kier molecular flexibility index (Phi) is 7.25. The van der Waals surface area contributed by atoms with Gasteiger partial charge in [0.15, 0.2) is 18.1 Å². The summed E-state index contributed by atoms with van der Waals surface area (Å²) in [6.45, 7) is 3.40. The van der Waals surface area contributed by atoms with Crippen molar-refractivity contribution in [2.45, 2.75) is 20.5 Å². The van der Waals surface area contributed by atoms with Crippen LogP contribution < -0.4 is 10.1 Å². The minimum Gasteiger partial charge on any atom is -0.486 e. The number of aryl methyl sites for hydroxylation is 1. The number of ether oxygens (including phenoxy) is 2. The number of carbonyl (C=O) groups is 2. The molecule has 0 bridgehead atoms. The molecule has 0 saturated carbocycles. The number of nitrogens with one attached hydrogen (secondary N) is 1. The van der Waals surface area contributed by atoms with Crippen LogP contribution >= 0.6 is 34.5 Å². The number of pyridine rings is 1. The third-order valence-corrected chi connectivity index (χ3v) is 5.60. The van der Waals surface area contributed by atoms with Crippen LogP contribution in [0.1, 0.15) is 26.6 Å². The van der Waals surface area contributed by atoms with E-state index in [1.54, 1.807) is 12.3 Å². The maximum atomic E-state index is 12.1. The number of hydrogen-bond donors (Lipinski definition) is 1. The summed E-state index contributed by atoms with van der Waals surface area (Å²) >= 11 is 13.3. The van der Waals surface area contributed by atoms with Crippen molar-refractivity contribution >= 4 is 52.2 Å². The molecule has 156 valence electrons. The molecule has 2 heterocycles. The van der Waals surface area contributed by atoms with E-state index >= 15 is 0 Å². The molecule has 3 aromatic rings. The fourth-order valence-corrected chi connectivity index (χ4v) is 3.33. The van der Waals surface area contributed by atoms with Gasteiger partial charge in [-0.05, 0) is 31.5 Å². The predicted molar refractivity (Wildman–Crippen MR) is 116 cm³/mol. The summed E-state index contributed by atoms with van der Waals surface area (Å²) in [7, 11) is 0. The molecule has 3 rings (SSSR count). The van der Waals surface area contributed by atoms with Gasteiger partial charge in [0.1, 0.15) is 17.4 Å². The lowest BCUT2D eigenvalue weighted by molar-refractivity contribution is -0.119. The minimum atomic E-state index is -0.714. The van der Waals surface area contributed by atoms with Gasteiger partial charge in [0.2, 0.25) is 0 Å². The highest BCUT2D eigenvalue weighted by Gasteiger charge is 2.16. The van der Waals surface area contributed by atoms with Gasteiger partial charge < -0.3 is 14.8 Å². The Balaban J connectivity index is 1.49. The lowest BCUT2D eigenvalue weighted by Crippen LogP contribution is -2.22. The fourth-order valence-electron chi connectivity index (χ4n) is 2.27. The molecule has 0 radical (unpaired) electrons. The van der Waals surface area contributed by atoms with Gasteiger partial charge in [-0.2, -0.15) is 0 Å². The summed E-state index contributed by atoms with van der Waals surface area (Å²) in [5.41, 5.74) is 1.83. The van der Waals surface area contributed by atoms with E-state index < -0.39 is 18.5 Å². The van der Waals surface area contributed by atoms with Crippen molar-refractivity contribution < 1.29 is 19.1 Å². The zero-order valence-corrected chi connectivity index (χ0v) is 18.4. The largest absolute Gasteiger partial charge is 0.486 e. The molecule has 0 aliphatic rings. The van der Waals surface area contributed by atoms with Crippen LogP contribution in [-0.4, -0.2) is 28.5 Å². The number of amides is 1. The SMILES string of the molecule is Cc1ccc(OCc2nc(C(=O)OCC(=O)Nc3ncc(Cl)c(C)c3Cl)cs2)cc1. The second-order valence-corrected chi connectivity index (χ2v) is 7.97. The summed E-state index contributed by atoms with van der Waals surface area (Å²) in [6.07, 6.45) is 1.37. The lowest BCUT2D eigenvalue weighted by Gasteiger charge is -2.09. The Morgan fingerprint density at radius 2 is 1.90 bits per heavy atom. The molecular weight excluding hydrogens is 449 g/mol. The van der Waals surface area contributed by atoms with Crippen LogP contribution in [0, 0.1) is 13.8 Å². The maximum absolute atomic E-state index is 12.1. The first kappa shape index (κ1) is 22.0. The molecule has 0 fully saturated rings. The number of halogens is 2. The number of hydrogen-bond acceptors (Lipinski definition) is 7. The third kappa shape index (κ3) is 5.69. The van der Waals surface area contributed by atoms with Gasteiger partial charge in [0, 0.05) is 11.6 Å². The van der Waals surface area contributed by atoms with Gasteiger partial charge in [-0.15, -0.1) is 11.3 Å². The van der Waals surface area contributed by atoms with E-state index in [1.165, 1.54) is 17.5 Å². The summed E-state index contributed by atoms with van der Waals surface area (Å²) in [5.74, 6) is -0.447. The fraction of sp³-hybridized carbons (Fsp3) is 0.200. The number of anilines is 1. The lowest BCUT2D eigenvalue weighted by atomic mass is 10.2. The van der Waals surface area contributed by atoms with Gasteiger partial charge in [0.25, 0.3) is 5.91 Å². The number of carbonyl (C=O) groups excluding carboxylic acids is 2. The van der Waals surface area contributed by atoms with Crippen LogP contribution in [0.2, 0.25) is 10.0 Å². The van der Waals surface area contributed by atoms with E-state index in [4.69, 9.17) is 32.7 Å². The zero-order chi connectivity index (χ0) is 21.7. The molecule has 1 amide bonds. The van der Waals surface area contributed by atoms with Crippen LogP contribution in [0.4, 0.5) is 5.82 Å². The highest BCUT2D eigenvalue weighted by atomic mass is 35.5. The molecule has 0 saturated heterocycles. The Bertz CT molecular complexity index is 1070. The van der Waals surface area contributed by atoms with E-state index in [9.17, 15) is 9.59 Å². The van der Waals surface area contributed by atoms with Gasteiger partial charge in [-0.25, -0.2) is 14.8 Å². The number of benzene rings is 1. The van der Waals surface area contributed by atoms with Gasteiger partial charge >= 0.3 is 5.97 Å². The molecule has 0 spiro atoms. The molecular formula is C20H17Cl2N3O4S. The first-order valence-corrected chi connectivity index (χ1v) is 10.4. The van der Waals surface area contributed by atoms with Gasteiger partial charge in [0.05, 0.1) is 10.0 Å². The van der Waals surface area contributed by atoms with Crippen molar-refractivity contribution in [2.75, 3.05) is 11.9 Å². The predicted octanol–water partition coefficient (Wildman–Crippen LogP) is 4.84. The van der Waals surface area contributed by atoms with Crippen molar-refractivity contribution in [1.29, 1.82) is 0 Å². The van der Waals surface area contributed by atoms with E-state index in [2.05, 4.69) is 15.3 Å². The van der Waals surface area contributed by atoms with Crippen LogP contribution in [0.5, 0.6) is 5.75 Å². The third-order valence-electron chi connectivity index (χ3n) is 3.94. The first-order chi connectivity index (χ1) is 14.3. The summed E-state index contributed by atoms with van der Waals surface area (Å²) in [4.78, 5) is 32.3. The summed E-state index contributed by atoms with van der Waals surface area (Å²) < 4.78 is 10.6. The average Bonchev–Trinajstić information content (AvgIpc) is 3.21. The maximum Gasteiger partial charge on any atom is 0.358 e. The molecule has 30 heavy (non-hydrogen) atoms. The second kappa shape index (κ2) is 9.88. The topological polar surface area (TPSA) is 90.4 Å². The smallest absolute Gasteiger partial charge is 0.358 e. The monoisotopic (exact) mass is 465 g/mol. The molecule has 1 N–H and O–H groups in total. The van der Waals surface area contributed by atoms with Crippen molar-refractivity contribution in [3.8, 4) is 5.75 Å². The van der Waals surface area contributed by atoms with Gasteiger partial charge in [-0.3, -0.25) is 4.79 Å². The Hall–Kier alpha value is -2.68. The molecule has 0 unspecified atom stereocenters. The van der Waals surface area contributed by atoms with Crippen LogP contribution in [0.25, 0.3) is 0 Å². The number of esters is 1. The average molecular weight is 466 g/mol. The first-order valence-electron chi connectivity index (χ1n) is 8.75. The van der Waals surface area contributed by atoms with E-state index in [0.717, 1.165) is 5.56 Å². The Morgan fingerprint density at radius 1 is 1.17 bits per heavy atom. The highest BCUT2D eigenvalue weighted by Crippen LogP contribution is 2.28. The number of aromatic nitrogens is 2. The van der Waals surface area contributed by atoms with Crippen LogP contribution in [0.3, 0.4) is 0 Å². The quantitative estimate of drug-likeness (QED) is 0.502. The molecule has 2 aromatic heterocycles. The van der Waals surface area contributed by atoms with E-state index in [1.807, 2.05) is 31.2 Å². The van der Waals surface area contributed by atoms with Crippen LogP contribution in [-0.2, 0) is 16.1 Å². The van der Waals surface area contributed by atoms with Crippen LogP contribution in [0.15, 0.2) is 35.8 Å².